The van der Waals surface area contributed by atoms with E-state index >= 15 is 0 Å². The van der Waals surface area contributed by atoms with Gasteiger partial charge in [0.2, 0.25) is 0 Å². The Kier molecular flexibility index (Phi) is 7.37. The van der Waals surface area contributed by atoms with Gasteiger partial charge in [-0.05, 0) is 6.07 Å². The molecule has 18 heteroatoms. The third-order valence-corrected chi connectivity index (χ3v) is 10.5. The van der Waals surface area contributed by atoms with Crippen molar-refractivity contribution in [3.8, 4) is 11.1 Å². The summed E-state index contributed by atoms with van der Waals surface area (Å²) >= 11 is 0. The van der Waals surface area contributed by atoms with E-state index in [1.54, 1.807) is 12.3 Å². The lowest BCUT2D eigenvalue weighted by atomic mass is 10.1. The molecule has 1 saturated heterocycles. The number of ether oxygens (including phenoxy) is 1. The smallest absolute Gasteiger partial charge is 0.341 e. The second kappa shape index (κ2) is 9.77. The van der Waals surface area contributed by atoms with Gasteiger partial charge in [0.25, 0.3) is 0 Å². The van der Waals surface area contributed by atoms with Gasteiger partial charge in [0.1, 0.15) is 36.1 Å². The zero-order chi connectivity index (χ0) is 26.5. The molecule has 7 atom stereocenters. The van der Waals surface area contributed by atoms with E-state index in [1.165, 1.54) is 23.4 Å². The molecule has 1 fully saturated rings. The molecule has 36 heavy (non-hydrogen) atoms. The molecule has 5 N–H and O–H groups in total. The topological polar surface area (TPSA) is 219 Å². The lowest BCUT2D eigenvalue weighted by molar-refractivity contribution is -0.0478. The molecule has 0 radical (unpaired) electrons. The highest BCUT2D eigenvalue weighted by Gasteiger charge is 2.46. The monoisotopic (exact) mass is 566 g/mol. The van der Waals surface area contributed by atoms with Crippen LogP contribution in [0.25, 0.3) is 22.2 Å². The maximum atomic E-state index is 12.6. The zero-order valence-corrected chi connectivity index (χ0v) is 22.0. The maximum absolute atomic E-state index is 12.6. The SMILES string of the molecule is CP(=O)(O)OP(C)(=O)OP(C)(=O)OCC1OC(n2cc(-c3ccoc3)c3c(N)ncnc32)C(O)C1O. The number of nitrogens with zero attached hydrogens (tertiary/aromatic N) is 3. The van der Waals surface area contributed by atoms with E-state index in [9.17, 15) is 28.8 Å². The van der Waals surface area contributed by atoms with Crippen LogP contribution in [0, 0.1) is 0 Å². The van der Waals surface area contributed by atoms with Crippen molar-refractivity contribution < 1.29 is 51.1 Å². The Morgan fingerprint density at radius 1 is 1.11 bits per heavy atom. The van der Waals surface area contributed by atoms with E-state index in [0.29, 0.717) is 22.2 Å². The lowest BCUT2D eigenvalue weighted by Crippen LogP contribution is -2.33. The first kappa shape index (κ1) is 27.2. The summed E-state index contributed by atoms with van der Waals surface area (Å²) in [5.74, 6) is 0.178. The number of nitrogens with two attached hydrogens (primary N) is 1. The van der Waals surface area contributed by atoms with Crippen LogP contribution in [0.5, 0.6) is 0 Å². The van der Waals surface area contributed by atoms with E-state index < -0.39 is 53.9 Å². The Bertz CT molecular complexity index is 1390. The molecule has 3 aromatic heterocycles. The number of furan rings is 1. The summed E-state index contributed by atoms with van der Waals surface area (Å²) in [5.41, 5.74) is 7.66. The fraction of sp³-hybridized carbons (Fsp3) is 0.444. The number of hydrogen-bond acceptors (Lipinski definition) is 13. The highest BCUT2D eigenvalue weighted by molar-refractivity contribution is 7.71. The quantitative estimate of drug-likeness (QED) is 0.273. The van der Waals surface area contributed by atoms with Crippen LogP contribution in [-0.2, 0) is 31.6 Å². The maximum Gasteiger partial charge on any atom is 0.341 e. The van der Waals surface area contributed by atoms with Crippen LogP contribution in [0.15, 0.2) is 35.5 Å². The molecule has 0 amide bonds. The molecule has 0 aromatic carbocycles. The van der Waals surface area contributed by atoms with Crippen molar-refractivity contribution in [2.45, 2.75) is 24.5 Å². The number of anilines is 1. The van der Waals surface area contributed by atoms with E-state index in [-0.39, 0.29) is 5.82 Å². The second-order valence-corrected chi connectivity index (χ2v) is 14.5. The second-order valence-electron chi connectivity index (χ2n) is 8.27. The number of aromatic nitrogens is 3. The van der Waals surface area contributed by atoms with Crippen molar-refractivity contribution in [2.75, 3.05) is 32.3 Å². The Labute approximate surface area is 204 Å². The number of aliphatic hydroxyl groups excluding tert-OH is 2. The fourth-order valence-electron chi connectivity index (χ4n) is 3.83. The van der Waals surface area contributed by atoms with Gasteiger partial charge in [0.05, 0.1) is 24.5 Å². The summed E-state index contributed by atoms with van der Waals surface area (Å²) in [7, 11) is -12.5. The van der Waals surface area contributed by atoms with Crippen molar-refractivity contribution in [1.29, 1.82) is 0 Å². The number of nitrogen functional groups attached to an aromatic ring is 1. The first-order valence-corrected chi connectivity index (χ1v) is 16.4. The molecule has 1 aliphatic rings. The average molecular weight is 566 g/mol. The van der Waals surface area contributed by atoms with Crippen LogP contribution in [-0.4, -0.2) is 74.6 Å². The van der Waals surface area contributed by atoms with Gasteiger partial charge >= 0.3 is 22.8 Å². The minimum Gasteiger partial charge on any atom is -0.472 e. The van der Waals surface area contributed by atoms with Crippen molar-refractivity contribution >= 4 is 39.6 Å². The molecule has 0 spiro atoms. The molecule has 198 valence electrons. The highest BCUT2D eigenvalue weighted by atomic mass is 31.3. The molecule has 15 nitrogen and oxygen atoms in total. The van der Waals surface area contributed by atoms with Gasteiger partial charge < -0.3 is 39.1 Å². The van der Waals surface area contributed by atoms with Crippen LogP contribution < -0.4 is 5.73 Å². The third kappa shape index (κ3) is 5.81. The van der Waals surface area contributed by atoms with Gasteiger partial charge in [-0.2, -0.15) is 0 Å². The van der Waals surface area contributed by atoms with E-state index in [4.69, 9.17) is 23.7 Å². The number of rotatable bonds is 9. The summed E-state index contributed by atoms with van der Waals surface area (Å²) in [6.45, 7) is 2.08. The first-order valence-electron chi connectivity index (χ1n) is 10.4. The average Bonchev–Trinajstić information content (AvgIpc) is 3.44. The minimum atomic E-state index is -4.23. The Morgan fingerprint density at radius 3 is 2.47 bits per heavy atom. The number of hydrogen-bond donors (Lipinski definition) is 4. The predicted molar refractivity (Wildman–Crippen MR) is 126 cm³/mol. The van der Waals surface area contributed by atoms with E-state index in [1.807, 2.05) is 0 Å². The van der Waals surface area contributed by atoms with Gasteiger partial charge in [-0.3, -0.25) is 13.7 Å². The molecule has 4 rings (SSSR count). The molecule has 7 unspecified atom stereocenters. The highest BCUT2D eigenvalue weighted by Crippen LogP contribution is 2.67. The van der Waals surface area contributed by atoms with Crippen LogP contribution in [0.3, 0.4) is 0 Å². The molecule has 3 aromatic rings. The van der Waals surface area contributed by atoms with Crippen LogP contribution in [0.2, 0.25) is 0 Å². The van der Waals surface area contributed by atoms with Gasteiger partial charge in [-0.15, -0.1) is 0 Å². The summed E-state index contributed by atoms with van der Waals surface area (Å²) in [4.78, 5) is 17.5. The zero-order valence-electron chi connectivity index (χ0n) is 19.3. The van der Waals surface area contributed by atoms with Crippen LogP contribution in [0.4, 0.5) is 5.82 Å². The fourth-order valence-corrected chi connectivity index (χ4v) is 9.18. The predicted octanol–water partition coefficient (Wildman–Crippen LogP) is 2.40. The molecule has 0 bridgehead atoms. The molecule has 0 aliphatic carbocycles. The summed E-state index contributed by atoms with van der Waals surface area (Å²) in [6.07, 6.45) is 0.535. The first-order chi connectivity index (χ1) is 16.7. The minimum absolute atomic E-state index is 0.178. The van der Waals surface area contributed by atoms with E-state index in [0.717, 1.165) is 20.0 Å². The van der Waals surface area contributed by atoms with Crippen LogP contribution >= 0.6 is 22.8 Å². The number of aliphatic hydroxyl groups is 2. The summed E-state index contributed by atoms with van der Waals surface area (Å²) < 4.78 is 63.2. The normalized spacial score (nSPS) is 27.5. The van der Waals surface area contributed by atoms with Crippen LogP contribution in [0.1, 0.15) is 6.23 Å². The Morgan fingerprint density at radius 2 is 1.83 bits per heavy atom. The molecule has 0 saturated carbocycles. The van der Waals surface area contributed by atoms with Crippen molar-refractivity contribution in [1.82, 2.24) is 14.5 Å². The van der Waals surface area contributed by atoms with Crippen molar-refractivity contribution in [3.63, 3.8) is 0 Å². The van der Waals surface area contributed by atoms with Gasteiger partial charge in [0, 0.05) is 37.3 Å². The summed E-state index contributed by atoms with van der Waals surface area (Å²) in [5, 5.41) is 21.8. The Hall–Kier alpha value is -1.89. The van der Waals surface area contributed by atoms with Gasteiger partial charge in [-0.1, -0.05) is 0 Å². The van der Waals surface area contributed by atoms with Gasteiger partial charge in [0.15, 0.2) is 6.23 Å². The molecule has 4 heterocycles. The molecular formula is C18H25N4O11P3. The lowest BCUT2D eigenvalue weighted by Gasteiger charge is -2.22. The van der Waals surface area contributed by atoms with Crippen molar-refractivity contribution in [2.24, 2.45) is 0 Å². The molecular weight excluding hydrogens is 541 g/mol. The Balaban J connectivity index is 1.54. The third-order valence-electron chi connectivity index (χ3n) is 5.15. The van der Waals surface area contributed by atoms with Crippen molar-refractivity contribution in [3.05, 3.63) is 31.1 Å². The number of fused-ring (bicyclic) bond motifs is 1. The standard InChI is InChI=1S/C18H25N4O11P3/c1-34(25,26)32-36(3,28)33-35(2,27)30-8-12-14(23)15(24)18(31-12)22-6-11(10-4-5-29-7-10)13-16(19)20-9-21-17(13)22/h4-7,9,12,14-15,18,23-24H,8H2,1-3H3,(H,25,26)(H2,19,20,21). The molecule has 1 aliphatic heterocycles. The van der Waals surface area contributed by atoms with E-state index in [2.05, 4.69) is 14.3 Å². The largest absolute Gasteiger partial charge is 0.472 e. The summed E-state index contributed by atoms with van der Waals surface area (Å²) in [6, 6.07) is 1.70. The van der Waals surface area contributed by atoms with Gasteiger partial charge in [-0.25, -0.2) is 18.6 Å².